The first kappa shape index (κ1) is 35.1. The zero-order chi connectivity index (χ0) is 34.5. The number of epoxide rings is 6. The molecule has 0 N–H and O–H groups in total. The van der Waals surface area contributed by atoms with E-state index in [0.717, 1.165) is 51.4 Å². The molecule has 6 saturated heterocycles. The van der Waals surface area contributed by atoms with Gasteiger partial charge in [-0.25, -0.2) is 0 Å². The number of fused-ring (bicyclic) bond motifs is 1. The third kappa shape index (κ3) is 6.84. The van der Waals surface area contributed by atoms with Crippen molar-refractivity contribution < 1.29 is 47.5 Å². The van der Waals surface area contributed by atoms with Crippen molar-refractivity contribution in [2.45, 2.75) is 197 Å². The molecule has 0 bridgehead atoms. The molecule has 0 aromatic rings. The summed E-state index contributed by atoms with van der Waals surface area (Å²) in [5.74, 6) is -2.09. The molecule has 10 heteroatoms. The van der Waals surface area contributed by atoms with Crippen molar-refractivity contribution in [3.8, 4) is 0 Å². The van der Waals surface area contributed by atoms with Gasteiger partial charge in [0.25, 0.3) is 0 Å². The molecule has 6 aliphatic heterocycles. The average Bonchev–Trinajstić information content (AvgIpc) is 3.74. The number of hydrogen-bond acceptors (Lipinski definition) is 10. The molecule has 0 aromatic heterocycles. The van der Waals surface area contributed by atoms with Gasteiger partial charge in [-0.15, -0.1) is 0 Å². The average molecular weight is 677 g/mol. The smallest absolute Gasteiger partial charge is 0.310 e. The first-order valence-electron chi connectivity index (χ1n) is 18.9. The Balaban J connectivity index is 0.974. The summed E-state index contributed by atoms with van der Waals surface area (Å²) in [6, 6.07) is 0. The summed E-state index contributed by atoms with van der Waals surface area (Å²) in [5.41, 5.74) is -0.980. The molecule has 13 unspecified atom stereocenters. The molecule has 7 fully saturated rings. The van der Waals surface area contributed by atoms with Gasteiger partial charge < -0.3 is 37.9 Å². The van der Waals surface area contributed by atoms with Crippen LogP contribution in [0, 0.1) is 17.8 Å². The Kier molecular flexibility index (Phi) is 8.69. The SMILES string of the molecule is CCOC(=O)C1CC2(CCC3OC3(C)CCC3OC3(C)C)OC2C(CC2OC2(C)CCC2OC2(C)CCC2OC2(C)C)C1C(=O)OCC. The van der Waals surface area contributed by atoms with Crippen molar-refractivity contribution in [1.29, 1.82) is 0 Å². The van der Waals surface area contributed by atoms with Crippen LogP contribution in [0.15, 0.2) is 0 Å². The second kappa shape index (κ2) is 11.9. The van der Waals surface area contributed by atoms with Crippen LogP contribution in [0.2, 0.25) is 0 Å². The normalized spacial score (nSPS) is 48.2. The van der Waals surface area contributed by atoms with E-state index in [0.29, 0.717) is 25.0 Å². The quantitative estimate of drug-likeness (QED) is 0.129. The highest BCUT2D eigenvalue weighted by Gasteiger charge is 2.71. The van der Waals surface area contributed by atoms with Crippen molar-refractivity contribution in [2.24, 2.45) is 17.8 Å². The van der Waals surface area contributed by atoms with Crippen LogP contribution < -0.4 is 0 Å². The summed E-state index contributed by atoms with van der Waals surface area (Å²) in [6.07, 6.45) is 9.47. The minimum atomic E-state index is -0.619. The van der Waals surface area contributed by atoms with E-state index in [2.05, 4.69) is 48.5 Å². The topological polar surface area (TPSA) is 128 Å². The first-order valence-corrected chi connectivity index (χ1v) is 18.9. The molecule has 13 atom stereocenters. The summed E-state index contributed by atoms with van der Waals surface area (Å²) in [4.78, 5) is 27.0. The van der Waals surface area contributed by atoms with Crippen LogP contribution in [0.3, 0.4) is 0 Å². The molecule has 48 heavy (non-hydrogen) atoms. The summed E-state index contributed by atoms with van der Waals surface area (Å²) in [5, 5.41) is 0. The van der Waals surface area contributed by atoms with Crippen LogP contribution in [0.1, 0.15) is 127 Å². The lowest BCUT2D eigenvalue weighted by Crippen LogP contribution is -2.48. The predicted molar refractivity (Wildman–Crippen MR) is 175 cm³/mol. The third-order valence-electron chi connectivity index (χ3n) is 13.3. The summed E-state index contributed by atoms with van der Waals surface area (Å²) >= 11 is 0. The molecule has 10 nitrogen and oxygen atoms in total. The minimum Gasteiger partial charge on any atom is -0.466 e. The Morgan fingerprint density at radius 1 is 0.583 bits per heavy atom. The summed E-state index contributed by atoms with van der Waals surface area (Å²) < 4.78 is 48.1. The number of esters is 2. The predicted octanol–water partition coefficient (Wildman–Crippen LogP) is 5.84. The van der Waals surface area contributed by atoms with Gasteiger partial charge in [-0.2, -0.15) is 0 Å². The maximum absolute atomic E-state index is 13.6. The molecule has 7 rings (SSSR count). The number of carbonyl (C=O) groups is 2. The van der Waals surface area contributed by atoms with Gasteiger partial charge in [-0.1, -0.05) is 0 Å². The number of hydrogen-bond donors (Lipinski definition) is 0. The summed E-state index contributed by atoms with van der Waals surface area (Å²) in [7, 11) is 0. The molecule has 1 aliphatic carbocycles. The first-order chi connectivity index (χ1) is 22.5. The van der Waals surface area contributed by atoms with Crippen LogP contribution in [-0.2, 0) is 47.5 Å². The lowest BCUT2D eigenvalue weighted by Gasteiger charge is -2.36. The van der Waals surface area contributed by atoms with Gasteiger partial charge in [-0.05, 0) is 127 Å². The highest BCUT2D eigenvalue weighted by atomic mass is 16.6. The Morgan fingerprint density at radius 2 is 1.02 bits per heavy atom. The molecule has 7 aliphatic rings. The molecular formula is C38H60O10. The minimum absolute atomic E-state index is 0.00820. The largest absolute Gasteiger partial charge is 0.466 e. The maximum atomic E-state index is 13.6. The van der Waals surface area contributed by atoms with Crippen molar-refractivity contribution >= 4 is 11.9 Å². The van der Waals surface area contributed by atoms with Crippen LogP contribution >= 0.6 is 0 Å². The Hall–Kier alpha value is -1.30. The van der Waals surface area contributed by atoms with E-state index in [1.54, 1.807) is 6.92 Å². The number of ether oxygens (including phenoxy) is 8. The van der Waals surface area contributed by atoms with E-state index in [1.807, 2.05) is 6.92 Å². The third-order valence-corrected chi connectivity index (χ3v) is 13.3. The second-order valence-corrected chi connectivity index (χ2v) is 17.7. The zero-order valence-corrected chi connectivity index (χ0v) is 30.8. The summed E-state index contributed by atoms with van der Waals surface area (Å²) in [6.45, 7) is 19.3. The van der Waals surface area contributed by atoms with Gasteiger partial charge in [0, 0.05) is 5.92 Å². The fourth-order valence-corrected chi connectivity index (χ4v) is 9.39. The lowest BCUT2D eigenvalue weighted by molar-refractivity contribution is -0.165. The van der Waals surface area contributed by atoms with Crippen LogP contribution in [0.4, 0.5) is 0 Å². The van der Waals surface area contributed by atoms with Crippen LogP contribution in [0.25, 0.3) is 0 Å². The number of rotatable bonds is 18. The monoisotopic (exact) mass is 676 g/mol. The van der Waals surface area contributed by atoms with Gasteiger partial charge >= 0.3 is 11.9 Å². The lowest BCUT2D eigenvalue weighted by atomic mass is 9.64. The Bertz CT molecular complexity index is 1270. The molecule has 1 saturated carbocycles. The van der Waals surface area contributed by atoms with Crippen LogP contribution in [-0.4, -0.2) is 95.4 Å². The van der Waals surface area contributed by atoms with Gasteiger partial charge in [0.15, 0.2) is 0 Å². The molecule has 0 amide bonds. The van der Waals surface area contributed by atoms with Gasteiger partial charge in [0.1, 0.15) is 0 Å². The maximum Gasteiger partial charge on any atom is 0.310 e. The standard InChI is InChI=1S/C38H60O10/c1-10-41-31(39)23-21-38(19-15-27-36(8,46-27)17-13-25-34(5,6)44-25)30(48-38)22(29(23)32(40)42-11-2)20-28-37(9,47-28)18-14-26-35(7,45-26)16-12-24-33(3,4)43-24/h22-30H,10-21H2,1-9H3. The van der Waals surface area contributed by atoms with E-state index in [1.165, 1.54) is 0 Å². The van der Waals surface area contributed by atoms with Gasteiger partial charge in [0.2, 0.25) is 0 Å². The fraction of sp³-hybridized carbons (Fsp3) is 0.947. The van der Waals surface area contributed by atoms with E-state index < -0.39 is 17.4 Å². The molecule has 0 spiro atoms. The zero-order valence-electron chi connectivity index (χ0n) is 30.8. The van der Waals surface area contributed by atoms with Gasteiger partial charge in [-0.3, -0.25) is 9.59 Å². The molecule has 0 aromatic carbocycles. The van der Waals surface area contributed by atoms with Gasteiger partial charge in [0.05, 0.1) is 95.3 Å². The second-order valence-electron chi connectivity index (χ2n) is 17.7. The highest BCUT2D eigenvalue weighted by Crippen LogP contribution is 2.62. The van der Waals surface area contributed by atoms with Crippen LogP contribution in [0.5, 0.6) is 0 Å². The molecular weight excluding hydrogens is 616 g/mol. The van der Waals surface area contributed by atoms with Crippen molar-refractivity contribution in [3.63, 3.8) is 0 Å². The van der Waals surface area contributed by atoms with E-state index >= 15 is 0 Å². The molecule has 0 radical (unpaired) electrons. The van der Waals surface area contributed by atoms with Crippen molar-refractivity contribution in [1.82, 2.24) is 0 Å². The van der Waals surface area contributed by atoms with Crippen molar-refractivity contribution in [3.05, 3.63) is 0 Å². The van der Waals surface area contributed by atoms with E-state index in [-0.39, 0.29) is 83.5 Å². The molecule has 272 valence electrons. The Labute approximate surface area is 286 Å². The highest BCUT2D eigenvalue weighted by molar-refractivity contribution is 5.83. The fourth-order valence-electron chi connectivity index (χ4n) is 9.39. The van der Waals surface area contributed by atoms with E-state index in [9.17, 15) is 9.59 Å². The van der Waals surface area contributed by atoms with E-state index in [4.69, 9.17) is 37.9 Å². The molecule has 6 heterocycles. The Morgan fingerprint density at radius 3 is 1.52 bits per heavy atom. The number of carbonyl (C=O) groups excluding carboxylic acids is 2. The van der Waals surface area contributed by atoms with Crippen molar-refractivity contribution in [2.75, 3.05) is 13.2 Å².